The predicted octanol–water partition coefficient (Wildman–Crippen LogP) is 4.30. The van der Waals surface area contributed by atoms with Crippen LogP contribution in [0.2, 0.25) is 0 Å². The standard InChI is InChI=1S/C17H38N2/c1-7-16(8-2)15-19(9-3)14-12-10-11-13-18-17(4,5)6/h16,18H,7-15H2,1-6H3. The van der Waals surface area contributed by atoms with Gasteiger partial charge >= 0.3 is 0 Å². The fourth-order valence-electron chi connectivity index (χ4n) is 2.39. The van der Waals surface area contributed by atoms with Crippen LogP contribution in [0.3, 0.4) is 0 Å². The van der Waals surface area contributed by atoms with E-state index < -0.39 is 0 Å². The SMILES string of the molecule is CCC(CC)CN(CC)CCCCCNC(C)(C)C. The van der Waals surface area contributed by atoms with Gasteiger partial charge in [0.15, 0.2) is 0 Å². The Morgan fingerprint density at radius 1 is 0.947 bits per heavy atom. The summed E-state index contributed by atoms with van der Waals surface area (Å²) in [6.07, 6.45) is 6.65. The first-order valence-corrected chi connectivity index (χ1v) is 8.40. The predicted molar refractivity (Wildman–Crippen MR) is 87.8 cm³/mol. The zero-order valence-electron chi connectivity index (χ0n) is 14.4. The summed E-state index contributed by atoms with van der Waals surface area (Å²) in [6, 6.07) is 0. The molecule has 0 aromatic rings. The van der Waals surface area contributed by atoms with Gasteiger partial charge in [0.25, 0.3) is 0 Å². The molecule has 0 bridgehead atoms. The van der Waals surface area contributed by atoms with Gasteiger partial charge in [-0.3, -0.25) is 0 Å². The molecule has 116 valence electrons. The molecule has 0 spiro atoms. The minimum Gasteiger partial charge on any atom is -0.312 e. The minimum absolute atomic E-state index is 0.269. The summed E-state index contributed by atoms with van der Waals surface area (Å²) in [5.74, 6) is 0.891. The van der Waals surface area contributed by atoms with Gasteiger partial charge < -0.3 is 10.2 Å². The molecule has 0 aromatic carbocycles. The second-order valence-corrected chi connectivity index (χ2v) is 6.81. The molecular weight excluding hydrogens is 232 g/mol. The monoisotopic (exact) mass is 270 g/mol. The van der Waals surface area contributed by atoms with Gasteiger partial charge in [0.1, 0.15) is 0 Å². The van der Waals surface area contributed by atoms with Crippen LogP contribution in [0.5, 0.6) is 0 Å². The van der Waals surface area contributed by atoms with Crippen molar-refractivity contribution in [2.24, 2.45) is 5.92 Å². The van der Waals surface area contributed by atoms with Gasteiger partial charge in [0.05, 0.1) is 0 Å². The van der Waals surface area contributed by atoms with E-state index in [0.717, 1.165) is 12.5 Å². The normalized spacial score (nSPS) is 12.6. The third kappa shape index (κ3) is 11.4. The van der Waals surface area contributed by atoms with Crippen LogP contribution < -0.4 is 5.32 Å². The van der Waals surface area contributed by atoms with Gasteiger partial charge in [-0.25, -0.2) is 0 Å². The Morgan fingerprint density at radius 2 is 1.58 bits per heavy atom. The van der Waals surface area contributed by atoms with Crippen LogP contribution in [0.25, 0.3) is 0 Å². The van der Waals surface area contributed by atoms with Crippen LogP contribution in [-0.2, 0) is 0 Å². The van der Waals surface area contributed by atoms with Gasteiger partial charge in [-0.05, 0) is 59.2 Å². The molecule has 0 rings (SSSR count). The van der Waals surface area contributed by atoms with Crippen molar-refractivity contribution >= 4 is 0 Å². The van der Waals surface area contributed by atoms with E-state index in [4.69, 9.17) is 0 Å². The smallest absolute Gasteiger partial charge is 0.00965 e. The zero-order chi connectivity index (χ0) is 14.7. The highest BCUT2D eigenvalue weighted by molar-refractivity contribution is 4.70. The van der Waals surface area contributed by atoms with Crippen molar-refractivity contribution in [3.63, 3.8) is 0 Å². The summed E-state index contributed by atoms with van der Waals surface area (Å²) in [4.78, 5) is 2.63. The van der Waals surface area contributed by atoms with E-state index in [0.29, 0.717) is 0 Å². The first-order chi connectivity index (χ1) is 8.92. The van der Waals surface area contributed by atoms with Crippen LogP contribution >= 0.6 is 0 Å². The van der Waals surface area contributed by atoms with Gasteiger partial charge in [-0.15, -0.1) is 0 Å². The third-order valence-corrected chi connectivity index (χ3v) is 3.92. The molecule has 0 aliphatic rings. The summed E-state index contributed by atoms with van der Waals surface area (Å²) in [5, 5.41) is 3.56. The molecule has 0 atom stereocenters. The van der Waals surface area contributed by atoms with E-state index in [2.05, 4.69) is 51.8 Å². The Bertz CT molecular complexity index is 192. The van der Waals surface area contributed by atoms with E-state index in [1.54, 1.807) is 0 Å². The molecule has 0 saturated carbocycles. The minimum atomic E-state index is 0.269. The van der Waals surface area contributed by atoms with Crippen molar-refractivity contribution in [1.82, 2.24) is 10.2 Å². The number of hydrogen-bond acceptors (Lipinski definition) is 2. The molecule has 0 aliphatic heterocycles. The van der Waals surface area contributed by atoms with Crippen molar-refractivity contribution in [3.05, 3.63) is 0 Å². The molecule has 0 fully saturated rings. The number of nitrogens with zero attached hydrogens (tertiary/aromatic N) is 1. The highest BCUT2D eigenvalue weighted by atomic mass is 15.1. The molecule has 0 aromatic heterocycles. The molecule has 1 N–H and O–H groups in total. The maximum Gasteiger partial charge on any atom is 0.00965 e. The largest absolute Gasteiger partial charge is 0.312 e. The molecule has 0 unspecified atom stereocenters. The van der Waals surface area contributed by atoms with Crippen molar-refractivity contribution in [3.8, 4) is 0 Å². The lowest BCUT2D eigenvalue weighted by Gasteiger charge is -2.25. The highest BCUT2D eigenvalue weighted by Gasteiger charge is 2.10. The second kappa shape index (κ2) is 10.7. The number of nitrogens with one attached hydrogen (secondary N) is 1. The molecule has 0 aliphatic carbocycles. The average molecular weight is 271 g/mol. The van der Waals surface area contributed by atoms with Crippen LogP contribution in [0.4, 0.5) is 0 Å². The van der Waals surface area contributed by atoms with E-state index in [1.807, 2.05) is 0 Å². The first-order valence-electron chi connectivity index (χ1n) is 8.40. The quantitative estimate of drug-likeness (QED) is 0.563. The number of unbranched alkanes of at least 4 members (excludes halogenated alkanes) is 2. The Morgan fingerprint density at radius 3 is 2.05 bits per heavy atom. The first kappa shape index (κ1) is 18.9. The van der Waals surface area contributed by atoms with Crippen LogP contribution in [0.15, 0.2) is 0 Å². The van der Waals surface area contributed by atoms with Crippen LogP contribution in [-0.4, -0.2) is 36.6 Å². The van der Waals surface area contributed by atoms with Gasteiger partial charge in [-0.2, -0.15) is 0 Å². The van der Waals surface area contributed by atoms with Crippen LogP contribution in [0, 0.1) is 5.92 Å². The summed E-state index contributed by atoms with van der Waals surface area (Å²) >= 11 is 0. The molecule has 0 radical (unpaired) electrons. The van der Waals surface area contributed by atoms with Crippen molar-refractivity contribution in [1.29, 1.82) is 0 Å². The van der Waals surface area contributed by atoms with Gasteiger partial charge in [-0.1, -0.05) is 40.0 Å². The van der Waals surface area contributed by atoms with E-state index in [1.165, 1.54) is 51.7 Å². The lowest BCUT2D eigenvalue weighted by molar-refractivity contribution is 0.229. The van der Waals surface area contributed by atoms with Crippen molar-refractivity contribution in [2.75, 3.05) is 26.2 Å². The maximum absolute atomic E-state index is 3.56. The molecule has 0 saturated heterocycles. The molecular formula is C17H38N2. The highest BCUT2D eigenvalue weighted by Crippen LogP contribution is 2.10. The zero-order valence-corrected chi connectivity index (χ0v) is 14.4. The summed E-state index contributed by atoms with van der Waals surface area (Å²) < 4.78 is 0. The fourth-order valence-corrected chi connectivity index (χ4v) is 2.39. The molecule has 19 heavy (non-hydrogen) atoms. The lowest BCUT2D eigenvalue weighted by atomic mass is 10.0. The summed E-state index contributed by atoms with van der Waals surface area (Å²) in [5.41, 5.74) is 0.269. The molecule has 0 heterocycles. The Hall–Kier alpha value is -0.0800. The van der Waals surface area contributed by atoms with E-state index >= 15 is 0 Å². The number of hydrogen-bond donors (Lipinski definition) is 1. The van der Waals surface area contributed by atoms with Crippen LogP contribution in [0.1, 0.15) is 73.6 Å². The lowest BCUT2D eigenvalue weighted by Crippen LogP contribution is -2.36. The van der Waals surface area contributed by atoms with E-state index in [-0.39, 0.29) is 5.54 Å². The Labute approximate surface area is 122 Å². The maximum atomic E-state index is 3.56. The topological polar surface area (TPSA) is 15.3 Å². The Kier molecular flexibility index (Phi) is 10.6. The van der Waals surface area contributed by atoms with E-state index in [9.17, 15) is 0 Å². The van der Waals surface area contributed by atoms with Gasteiger partial charge in [0.2, 0.25) is 0 Å². The Balaban J connectivity index is 3.61. The summed E-state index contributed by atoms with van der Waals surface area (Å²) in [7, 11) is 0. The van der Waals surface area contributed by atoms with Crippen molar-refractivity contribution < 1.29 is 0 Å². The number of rotatable bonds is 11. The molecule has 0 amide bonds. The average Bonchev–Trinajstić information content (AvgIpc) is 2.36. The van der Waals surface area contributed by atoms with Gasteiger partial charge in [0, 0.05) is 12.1 Å². The fraction of sp³-hybridized carbons (Fsp3) is 1.00. The summed E-state index contributed by atoms with van der Waals surface area (Å²) in [6.45, 7) is 18.6. The molecule has 2 nitrogen and oxygen atoms in total. The molecule has 2 heteroatoms. The third-order valence-electron chi connectivity index (χ3n) is 3.92. The second-order valence-electron chi connectivity index (χ2n) is 6.81. The van der Waals surface area contributed by atoms with Crippen molar-refractivity contribution in [2.45, 2.75) is 79.2 Å².